The summed E-state index contributed by atoms with van der Waals surface area (Å²) in [5.41, 5.74) is -0.138. The molecular formula is C20H16F8N2O2. The first-order valence-electron chi connectivity index (χ1n) is 8.81. The lowest BCUT2D eigenvalue weighted by atomic mass is 9.97. The average molecular weight is 468 g/mol. The summed E-state index contributed by atoms with van der Waals surface area (Å²) in [6.45, 7) is 2.90. The van der Waals surface area contributed by atoms with Crippen LogP contribution in [0.15, 0.2) is 48.5 Å². The van der Waals surface area contributed by atoms with Gasteiger partial charge in [-0.3, -0.25) is 9.59 Å². The van der Waals surface area contributed by atoms with E-state index < -0.39 is 46.9 Å². The van der Waals surface area contributed by atoms with E-state index in [0.717, 1.165) is 24.3 Å². The molecule has 0 bridgehead atoms. The number of hydrogen-bond acceptors (Lipinski definition) is 2. The van der Waals surface area contributed by atoms with Gasteiger partial charge in [-0.15, -0.1) is 0 Å². The van der Waals surface area contributed by atoms with Crippen LogP contribution in [-0.4, -0.2) is 35.5 Å². The standard InChI is InChI=1S/C20H16F8N2O2/c1-11-5-3-7-13(9-11)29-15(31)17(21,22)19(25,26)20(27,28)18(23,24)16(32)30-14-8-4-6-12(2)10-14/h3-10H,1-2H3,(H,29,31)(H,30,32). The molecule has 2 amide bonds. The second-order valence-corrected chi connectivity index (χ2v) is 6.94. The van der Waals surface area contributed by atoms with Crippen LogP contribution < -0.4 is 10.6 Å². The molecule has 0 atom stereocenters. The largest absolute Gasteiger partial charge is 0.393 e. The van der Waals surface area contributed by atoms with Crippen molar-refractivity contribution in [2.75, 3.05) is 10.6 Å². The Hall–Kier alpha value is -3.18. The highest BCUT2D eigenvalue weighted by molar-refractivity contribution is 5.99. The lowest BCUT2D eigenvalue weighted by Gasteiger charge is -2.35. The van der Waals surface area contributed by atoms with Gasteiger partial charge in [0.1, 0.15) is 0 Å². The molecule has 0 saturated heterocycles. The van der Waals surface area contributed by atoms with Crippen molar-refractivity contribution in [3.05, 3.63) is 59.7 Å². The number of halogens is 8. The van der Waals surface area contributed by atoms with Crippen LogP contribution in [0, 0.1) is 13.8 Å². The van der Waals surface area contributed by atoms with E-state index in [1.54, 1.807) is 0 Å². The number of aryl methyl sites for hydroxylation is 2. The van der Waals surface area contributed by atoms with E-state index in [9.17, 15) is 44.7 Å². The number of benzene rings is 2. The first-order chi connectivity index (χ1) is 14.5. The average Bonchev–Trinajstić information content (AvgIpc) is 2.67. The summed E-state index contributed by atoms with van der Waals surface area (Å²) in [5.74, 6) is -32.4. The van der Waals surface area contributed by atoms with Crippen molar-refractivity contribution in [1.82, 2.24) is 0 Å². The number of carbonyl (C=O) groups is 2. The third-order valence-corrected chi connectivity index (χ3v) is 4.31. The molecular weight excluding hydrogens is 452 g/mol. The predicted octanol–water partition coefficient (Wildman–Crippen LogP) is 5.42. The van der Waals surface area contributed by atoms with E-state index in [4.69, 9.17) is 0 Å². The summed E-state index contributed by atoms with van der Waals surface area (Å²) < 4.78 is 112. The van der Waals surface area contributed by atoms with Crippen molar-refractivity contribution in [3.8, 4) is 0 Å². The van der Waals surface area contributed by atoms with Crippen LogP contribution in [-0.2, 0) is 9.59 Å². The fourth-order valence-electron chi connectivity index (χ4n) is 2.54. The Kier molecular flexibility index (Phi) is 6.58. The molecule has 0 heterocycles. The molecule has 12 heteroatoms. The van der Waals surface area contributed by atoms with Crippen molar-refractivity contribution < 1.29 is 44.7 Å². The molecule has 0 aliphatic heterocycles. The lowest BCUT2D eigenvalue weighted by Crippen LogP contribution is -2.67. The van der Waals surface area contributed by atoms with Crippen LogP contribution in [0.5, 0.6) is 0 Å². The third-order valence-electron chi connectivity index (χ3n) is 4.31. The van der Waals surface area contributed by atoms with Crippen LogP contribution in [0.2, 0.25) is 0 Å². The van der Waals surface area contributed by atoms with Gasteiger partial charge in [0.05, 0.1) is 0 Å². The van der Waals surface area contributed by atoms with Gasteiger partial charge in [0.2, 0.25) is 0 Å². The summed E-state index contributed by atoms with van der Waals surface area (Å²) in [6, 6.07) is 9.44. The molecule has 0 saturated carbocycles. The van der Waals surface area contributed by atoms with E-state index in [-0.39, 0.29) is 0 Å². The summed E-state index contributed by atoms with van der Waals surface area (Å²) in [6.07, 6.45) is 0. The molecule has 2 aromatic carbocycles. The molecule has 0 aliphatic rings. The van der Waals surface area contributed by atoms with E-state index in [2.05, 4.69) is 0 Å². The number of carbonyl (C=O) groups excluding carboxylic acids is 2. The molecule has 0 fully saturated rings. The molecule has 0 spiro atoms. The van der Waals surface area contributed by atoms with Gasteiger partial charge in [0.25, 0.3) is 0 Å². The highest BCUT2D eigenvalue weighted by atomic mass is 19.4. The summed E-state index contributed by atoms with van der Waals surface area (Å²) in [7, 11) is 0. The fraction of sp³-hybridized carbons (Fsp3) is 0.300. The van der Waals surface area contributed by atoms with Crippen LogP contribution in [0.3, 0.4) is 0 Å². The minimum atomic E-state index is -6.94. The zero-order chi connectivity index (χ0) is 24.5. The van der Waals surface area contributed by atoms with Gasteiger partial charge in [-0.1, -0.05) is 24.3 Å². The van der Waals surface area contributed by atoms with E-state index in [0.29, 0.717) is 11.1 Å². The molecule has 0 aliphatic carbocycles. The molecule has 174 valence electrons. The Labute approximate surface area is 176 Å². The zero-order valence-electron chi connectivity index (χ0n) is 16.5. The SMILES string of the molecule is Cc1cccc(NC(=O)C(F)(F)C(F)(F)C(F)(F)C(F)(F)C(=O)Nc2cccc(C)c2)c1. The van der Waals surface area contributed by atoms with Gasteiger partial charge in [-0.25, -0.2) is 0 Å². The van der Waals surface area contributed by atoms with Crippen molar-refractivity contribution in [1.29, 1.82) is 0 Å². The van der Waals surface area contributed by atoms with Gasteiger partial charge < -0.3 is 10.6 Å². The maximum Gasteiger partial charge on any atom is 0.393 e. The number of anilines is 2. The van der Waals surface area contributed by atoms with Crippen molar-refractivity contribution in [2.24, 2.45) is 0 Å². The molecule has 4 nitrogen and oxygen atoms in total. The van der Waals surface area contributed by atoms with E-state index in [1.807, 2.05) is 0 Å². The Morgan fingerprint density at radius 3 is 1.22 bits per heavy atom. The minimum Gasteiger partial charge on any atom is -0.321 e. The summed E-state index contributed by atoms with van der Waals surface area (Å²) in [4.78, 5) is 23.3. The monoisotopic (exact) mass is 468 g/mol. The first kappa shape index (κ1) is 25.1. The van der Waals surface area contributed by atoms with Gasteiger partial charge in [-0.2, -0.15) is 35.1 Å². The van der Waals surface area contributed by atoms with Crippen molar-refractivity contribution in [3.63, 3.8) is 0 Å². The quantitative estimate of drug-likeness (QED) is 0.533. The lowest BCUT2D eigenvalue weighted by molar-refractivity contribution is -0.345. The number of nitrogens with one attached hydrogen (secondary N) is 2. The van der Waals surface area contributed by atoms with Crippen LogP contribution in [0.4, 0.5) is 46.5 Å². The number of alkyl halides is 8. The van der Waals surface area contributed by atoms with Crippen LogP contribution >= 0.6 is 0 Å². The van der Waals surface area contributed by atoms with Gasteiger partial charge >= 0.3 is 35.5 Å². The highest BCUT2D eigenvalue weighted by Crippen LogP contribution is 2.53. The van der Waals surface area contributed by atoms with Gasteiger partial charge in [0, 0.05) is 11.4 Å². The molecule has 2 N–H and O–H groups in total. The number of hydrogen-bond donors (Lipinski definition) is 2. The Balaban J connectivity index is 2.33. The summed E-state index contributed by atoms with van der Waals surface area (Å²) >= 11 is 0. The Bertz CT molecular complexity index is 943. The zero-order valence-corrected chi connectivity index (χ0v) is 16.5. The fourth-order valence-corrected chi connectivity index (χ4v) is 2.54. The molecule has 2 aromatic rings. The maximum absolute atomic E-state index is 14.0. The van der Waals surface area contributed by atoms with E-state index in [1.165, 1.54) is 48.7 Å². The van der Waals surface area contributed by atoms with Gasteiger partial charge in [0.15, 0.2) is 0 Å². The predicted molar refractivity (Wildman–Crippen MR) is 99.4 cm³/mol. The highest BCUT2D eigenvalue weighted by Gasteiger charge is 2.84. The topological polar surface area (TPSA) is 58.2 Å². The maximum atomic E-state index is 14.0. The van der Waals surface area contributed by atoms with E-state index >= 15 is 0 Å². The van der Waals surface area contributed by atoms with Crippen molar-refractivity contribution >= 4 is 23.2 Å². The number of amides is 2. The molecule has 2 rings (SSSR count). The first-order valence-corrected chi connectivity index (χ1v) is 8.81. The number of rotatable bonds is 7. The molecule has 0 unspecified atom stereocenters. The van der Waals surface area contributed by atoms with Gasteiger partial charge in [-0.05, 0) is 49.2 Å². The van der Waals surface area contributed by atoms with Crippen LogP contribution in [0.1, 0.15) is 11.1 Å². The smallest absolute Gasteiger partial charge is 0.321 e. The Morgan fingerprint density at radius 1 is 0.625 bits per heavy atom. The second kappa shape index (κ2) is 8.40. The van der Waals surface area contributed by atoms with Crippen molar-refractivity contribution in [2.45, 2.75) is 37.5 Å². The summed E-state index contributed by atoms with van der Waals surface area (Å²) in [5, 5.41) is 2.56. The molecule has 0 radical (unpaired) electrons. The van der Waals surface area contributed by atoms with Crippen LogP contribution in [0.25, 0.3) is 0 Å². The Morgan fingerprint density at radius 2 is 0.938 bits per heavy atom. The molecule has 0 aromatic heterocycles. The normalized spacial score (nSPS) is 12.9. The second-order valence-electron chi connectivity index (χ2n) is 6.94. The third kappa shape index (κ3) is 4.39. The molecule has 32 heavy (non-hydrogen) atoms. The minimum absolute atomic E-state index is 0.391.